The number of ether oxygens (including phenoxy) is 2. The van der Waals surface area contributed by atoms with Crippen LogP contribution in [0.3, 0.4) is 0 Å². The van der Waals surface area contributed by atoms with Gasteiger partial charge in [-0.05, 0) is 50.6 Å². The van der Waals surface area contributed by atoms with E-state index in [0.29, 0.717) is 5.75 Å². The van der Waals surface area contributed by atoms with Crippen molar-refractivity contribution in [2.24, 2.45) is 0 Å². The molecule has 0 fully saturated rings. The second kappa shape index (κ2) is 5.53. The lowest BCUT2D eigenvalue weighted by molar-refractivity contribution is -0.162. The molecule has 20 heavy (non-hydrogen) atoms. The van der Waals surface area contributed by atoms with E-state index < -0.39 is 11.7 Å². The van der Waals surface area contributed by atoms with Gasteiger partial charge in [0, 0.05) is 0 Å². The molecule has 0 N–H and O–H groups in total. The smallest absolute Gasteiger partial charge is 0.347 e. The highest BCUT2D eigenvalue weighted by atomic mass is 16.6. The molecule has 0 saturated carbocycles. The van der Waals surface area contributed by atoms with E-state index in [4.69, 9.17) is 9.47 Å². The number of hydrogen-bond donors (Lipinski definition) is 0. The van der Waals surface area contributed by atoms with Crippen molar-refractivity contribution in [2.45, 2.75) is 39.4 Å². The van der Waals surface area contributed by atoms with Gasteiger partial charge in [-0.1, -0.05) is 30.3 Å². The lowest BCUT2D eigenvalue weighted by Crippen LogP contribution is -2.33. The summed E-state index contributed by atoms with van der Waals surface area (Å²) in [5.41, 5.74) is -0.502. The van der Waals surface area contributed by atoms with Gasteiger partial charge in [0.1, 0.15) is 11.4 Å². The molecule has 1 unspecified atom stereocenters. The van der Waals surface area contributed by atoms with Crippen molar-refractivity contribution in [1.82, 2.24) is 0 Å². The first kappa shape index (κ1) is 14.4. The van der Waals surface area contributed by atoms with Crippen molar-refractivity contribution in [3.8, 4) is 5.75 Å². The van der Waals surface area contributed by atoms with Gasteiger partial charge in [0.25, 0.3) is 0 Å². The molecule has 2 aromatic rings. The Balaban J connectivity index is 2.09. The topological polar surface area (TPSA) is 35.5 Å². The average Bonchev–Trinajstić information content (AvgIpc) is 2.36. The Kier molecular flexibility index (Phi) is 3.98. The standard InChI is InChI=1S/C17H20O3/c1-12(16(18)20-17(2,3)4)19-15-10-9-13-7-5-6-8-14(13)11-15/h5-12H,1-4H3. The molecule has 0 amide bonds. The molecule has 0 aromatic heterocycles. The van der Waals surface area contributed by atoms with Gasteiger partial charge in [-0.15, -0.1) is 0 Å². The lowest BCUT2D eigenvalue weighted by atomic mass is 10.1. The maximum absolute atomic E-state index is 11.9. The average molecular weight is 272 g/mol. The van der Waals surface area contributed by atoms with E-state index in [2.05, 4.69) is 0 Å². The molecule has 3 heteroatoms. The number of rotatable bonds is 3. The fourth-order valence-electron chi connectivity index (χ4n) is 1.88. The Morgan fingerprint density at radius 1 is 1.05 bits per heavy atom. The Hall–Kier alpha value is -2.03. The van der Waals surface area contributed by atoms with Crippen molar-refractivity contribution in [3.63, 3.8) is 0 Å². The Bertz CT molecular complexity index is 611. The number of benzene rings is 2. The summed E-state index contributed by atoms with van der Waals surface area (Å²) < 4.78 is 11.0. The third-order valence-corrected chi connectivity index (χ3v) is 2.77. The van der Waals surface area contributed by atoms with Crippen LogP contribution in [0.15, 0.2) is 42.5 Å². The lowest BCUT2D eigenvalue weighted by Gasteiger charge is -2.22. The van der Waals surface area contributed by atoms with Crippen LogP contribution in [0.5, 0.6) is 5.75 Å². The summed E-state index contributed by atoms with van der Waals surface area (Å²) in [6.45, 7) is 7.22. The minimum Gasteiger partial charge on any atom is -0.479 e. The predicted octanol–water partition coefficient (Wildman–Crippen LogP) is 3.95. The van der Waals surface area contributed by atoms with E-state index in [1.54, 1.807) is 6.92 Å². The highest BCUT2D eigenvalue weighted by Gasteiger charge is 2.22. The molecule has 0 aliphatic rings. The van der Waals surface area contributed by atoms with E-state index in [1.165, 1.54) is 0 Å². The molecule has 2 aromatic carbocycles. The molecule has 0 bridgehead atoms. The van der Waals surface area contributed by atoms with E-state index in [1.807, 2.05) is 63.2 Å². The number of fused-ring (bicyclic) bond motifs is 1. The van der Waals surface area contributed by atoms with Gasteiger partial charge in [0.05, 0.1) is 0 Å². The van der Waals surface area contributed by atoms with Gasteiger partial charge in [-0.3, -0.25) is 0 Å². The van der Waals surface area contributed by atoms with Crippen molar-refractivity contribution in [3.05, 3.63) is 42.5 Å². The number of esters is 1. The molecule has 3 nitrogen and oxygen atoms in total. The summed E-state index contributed by atoms with van der Waals surface area (Å²) in [7, 11) is 0. The molecular weight excluding hydrogens is 252 g/mol. The summed E-state index contributed by atoms with van der Waals surface area (Å²) in [6, 6.07) is 13.8. The zero-order chi connectivity index (χ0) is 14.8. The second-order valence-electron chi connectivity index (χ2n) is 5.80. The first-order valence-electron chi connectivity index (χ1n) is 6.73. The fraction of sp³-hybridized carbons (Fsp3) is 0.353. The molecule has 2 rings (SSSR count). The SMILES string of the molecule is CC(Oc1ccc2ccccc2c1)C(=O)OC(C)(C)C. The molecule has 0 spiro atoms. The van der Waals surface area contributed by atoms with Gasteiger partial charge in [0.15, 0.2) is 6.10 Å². The Labute approximate surface area is 119 Å². The fourth-order valence-corrected chi connectivity index (χ4v) is 1.88. The summed E-state index contributed by atoms with van der Waals surface area (Å²) in [4.78, 5) is 11.9. The van der Waals surface area contributed by atoms with E-state index in [9.17, 15) is 4.79 Å². The zero-order valence-electron chi connectivity index (χ0n) is 12.3. The minimum atomic E-state index is -0.629. The van der Waals surface area contributed by atoms with Crippen LogP contribution in [0.25, 0.3) is 10.8 Å². The maximum Gasteiger partial charge on any atom is 0.347 e. The third-order valence-electron chi connectivity index (χ3n) is 2.77. The molecule has 0 saturated heterocycles. The van der Waals surface area contributed by atoms with Crippen LogP contribution >= 0.6 is 0 Å². The van der Waals surface area contributed by atoms with Gasteiger partial charge in [-0.2, -0.15) is 0 Å². The minimum absolute atomic E-state index is 0.356. The van der Waals surface area contributed by atoms with E-state index >= 15 is 0 Å². The van der Waals surface area contributed by atoms with Crippen LogP contribution in [0, 0.1) is 0 Å². The summed E-state index contributed by atoms with van der Waals surface area (Å²) in [5, 5.41) is 2.23. The zero-order valence-corrected chi connectivity index (χ0v) is 12.3. The van der Waals surface area contributed by atoms with Crippen LogP contribution in [0.1, 0.15) is 27.7 Å². The molecule has 0 aliphatic carbocycles. The quantitative estimate of drug-likeness (QED) is 0.794. The van der Waals surface area contributed by atoms with Crippen LogP contribution < -0.4 is 4.74 Å². The second-order valence-corrected chi connectivity index (χ2v) is 5.80. The predicted molar refractivity (Wildman–Crippen MR) is 79.9 cm³/mol. The highest BCUT2D eigenvalue weighted by Crippen LogP contribution is 2.22. The van der Waals surface area contributed by atoms with Crippen molar-refractivity contribution >= 4 is 16.7 Å². The van der Waals surface area contributed by atoms with Gasteiger partial charge in [0.2, 0.25) is 0 Å². The number of carbonyl (C=O) groups excluding carboxylic acids is 1. The van der Waals surface area contributed by atoms with Crippen molar-refractivity contribution in [2.75, 3.05) is 0 Å². The maximum atomic E-state index is 11.9. The van der Waals surface area contributed by atoms with Gasteiger partial charge >= 0.3 is 5.97 Å². The monoisotopic (exact) mass is 272 g/mol. The molecule has 0 aliphatic heterocycles. The number of carbonyl (C=O) groups is 1. The third kappa shape index (κ3) is 3.73. The van der Waals surface area contributed by atoms with Crippen LogP contribution in [0.2, 0.25) is 0 Å². The van der Waals surface area contributed by atoms with Crippen molar-refractivity contribution < 1.29 is 14.3 Å². The molecule has 0 heterocycles. The molecule has 0 radical (unpaired) electrons. The Morgan fingerprint density at radius 2 is 1.70 bits per heavy atom. The molecular formula is C17H20O3. The van der Waals surface area contributed by atoms with Gasteiger partial charge < -0.3 is 9.47 Å². The van der Waals surface area contributed by atoms with Crippen molar-refractivity contribution in [1.29, 1.82) is 0 Å². The highest BCUT2D eigenvalue weighted by molar-refractivity contribution is 5.84. The van der Waals surface area contributed by atoms with Crippen LogP contribution in [-0.2, 0) is 9.53 Å². The van der Waals surface area contributed by atoms with E-state index in [0.717, 1.165) is 10.8 Å². The van der Waals surface area contributed by atoms with Crippen LogP contribution in [0.4, 0.5) is 0 Å². The van der Waals surface area contributed by atoms with E-state index in [-0.39, 0.29) is 5.97 Å². The summed E-state index contributed by atoms with van der Waals surface area (Å²) >= 11 is 0. The summed E-state index contributed by atoms with van der Waals surface area (Å²) in [5.74, 6) is 0.313. The van der Waals surface area contributed by atoms with Crippen LogP contribution in [-0.4, -0.2) is 17.7 Å². The largest absolute Gasteiger partial charge is 0.479 e. The van der Waals surface area contributed by atoms with Gasteiger partial charge in [-0.25, -0.2) is 4.79 Å². The molecule has 1 atom stereocenters. The summed E-state index contributed by atoms with van der Waals surface area (Å²) in [6.07, 6.45) is -0.629. The first-order valence-corrected chi connectivity index (χ1v) is 6.73. The first-order chi connectivity index (χ1) is 9.35. The number of hydrogen-bond acceptors (Lipinski definition) is 3. The Morgan fingerprint density at radius 3 is 2.35 bits per heavy atom. The molecule has 106 valence electrons. The normalized spacial score (nSPS) is 13.0.